The number of aromatic nitrogens is 1. The van der Waals surface area contributed by atoms with Crippen molar-refractivity contribution >= 4 is 34.1 Å². The van der Waals surface area contributed by atoms with Gasteiger partial charge in [0.05, 0.1) is 31.9 Å². The maximum absolute atomic E-state index is 14.0. The molecule has 1 atom stereocenters. The van der Waals surface area contributed by atoms with Gasteiger partial charge in [-0.3, -0.25) is 24.0 Å². The summed E-state index contributed by atoms with van der Waals surface area (Å²) in [6, 6.07) is 4.35. The number of aromatic amines is 1. The summed E-state index contributed by atoms with van der Waals surface area (Å²) in [6.07, 6.45) is 8.96. The van der Waals surface area contributed by atoms with Crippen molar-refractivity contribution in [2.45, 2.75) is 38.0 Å². The number of aryl methyl sites for hydroxylation is 1. The molecule has 1 aromatic carbocycles. The van der Waals surface area contributed by atoms with Crippen LogP contribution >= 0.6 is 0 Å². The molecule has 7 rings (SSSR count). The van der Waals surface area contributed by atoms with Gasteiger partial charge in [0, 0.05) is 23.9 Å². The normalized spacial score (nSPS) is 19.8. The van der Waals surface area contributed by atoms with Gasteiger partial charge in [0.1, 0.15) is 22.7 Å². The third-order valence-electron chi connectivity index (χ3n) is 9.71. The van der Waals surface area contributed by atoms with E-state index in [0.29, 0.717) is 23.2 Å². The number of aliphatic hydroxyl groups excluding tert-OH is 2. The zero-order chi connectivity index (χ0) is 32.5. The molecule has 0 amide bonds. The number of aliphatic hydroxyl groups is 2. The van der Waals surface area contributed by atoms with Gasteiger partial charge in [-0.15, -0.1) is 0 Å². The monoisotopic (exact) mass is 621 g/mol. The Morgan fingerprint density at radius 2 is 1.59 bits per heavy atom. The Morgan fingerprint density at radius 1 is 0.891 bits per heavy atom. The predicted molar refractivity (Wildman–Crippen MR) is 175 cm³/mol. The average molecular weight is 622 g/mol. The van der Waals surface area contributed by atoms with Crippen molar-refractivity contribution in [3.05, 3.63) is 125 Å². The van der Waals surface area contributed by atoms with Gasteiger partial charge < -0.3 is 30.9 Å². The third-order valence-corrected chi connectivity index (χ3v) is 9.71. The van der Waals surface area contributed by atoms with Gasteiger partial charge in [-0.25, -0.2) is 0 Å². The van der Waals surface area contributed by atoms with Crippen LogP contribution in [-0.2, 0) is 11.8 Å². The Labute approximate surface area is 259 Å². The van der Waals surface area contributed by atoms with Gasteiger partial charge in [-0.1, -0.05) is 24.3 Å². The lowest BCUT2D eigenvalue weighted by Crippen LogP contribution is -2.52. The zero-order valence-electron chi connectivity index (χ0n) is 25.0. The van der Waals surface area contributed by atoms with Crippen LogP contribution in [0, 0.1) is 16.4 Å². The van der Waals surface area contributed by atoms with Gasteiger partial charge >= 0.3 is 0 Å². The molecule has 1 fully saturated rings. The fourth-order valence-electron chi connectivity index (χ4n) is 7.47. The summed E-state index contributed by atoms with van der Waals surface area (Å²) in [5.41, 5.74) is -5.48. The highest BCUT2D eigenvalue weighted by Crippen LogP contribution is 2.54. The Morgan fingerprint density at radius 3 is 2.28 bits per heavy atom. The summed E-state index contributed by atoms with van der Waals surface area (Å²) in [5, 5.41) is 39.0. The van der Waals surface area contributed by atoms with Gasteiger partial charge in [0.2, 0.25) is 16.3 Å². The molecule has 0 saturated carbocycles. The Hall–Kier alpha value is -5.29. The average Bonchev–Trinajstić information content (AvgIpc) is 3.53. The first-order chi connectivity index (χ1) is 22.1. The minimum atomic E-state index is -1.93. The number of H-pyrrole nitrogens is 1. The first-order valence-corrected chi connectivity index (χ1v) is 15.3. The molecule has 11 nitrogen and oxygen atoms in total. The highest BCUT2D eigenvalue weighted by atomic mass is 16.3. The molecular weight excluding hydrogens is 590 g/mol. The van der Waals surface area contributed by atoms with Crippen molar-refractivity contribution in [2.24, 2.45) is 5.92 Å². The number of hydrogen-bond acceptors (Lipinski definition) is 10. The van der Waals surface area contributed by atoms with Gasteiger partial charge in [0.15, 0.2) is 5.43 Å². The maximum atomic E-state index is 14.0. The second-order valence-corrected chi connectivity index (χ2v) is 12.2. The number of pyridine rings is 1. The van der Waals surface area contributed by atoms with Crippen molar-refractivity contribution in [1.82, 2.24) is 10.3 Å². The lowest BCUT2D eigenvalue weighted by molar-refractivity contribution is 0.362. The Balaban J connectivity index is 1.46. The molecule has 4 aliphatic carbocycles. The smallest absolute Gasteiger partial charge is 0.260 e. The number of benzene rings is 1. The first kappa shape index (κ1) is 29.4. The number of fused-ring (bicyclic) bond motifs is 4. The second kappa shape index (κ2) is 10.7. The molecule has 1 saturated heterocycles. The summed E-state index contributed by atoms with van der Waals surface area (Å²) in [7, 11) is 0. The number of hydrogen-bond donors (Lipinski definition) is 6. The molecule has 1 aromatic heterocycles. The molecule has 5 aliphatic rings. The summed E-state index contributed by atoms with van der Waals surface area (Å²) >= 11 is 0. The molecule has 6 N–H and O–H groups in total. The summed E-state index contributed by atoms with van der Waals surface area (Å²) in [5.74, 6) is -1.68. The topological polar surface area (TPSA) is 186 Å². The van der Waals surface area contributed by atoms with Crippen LogP contribution in [0.1, 0.15) is 43.0 Å². The maximum Gasteiger partial charge on any atom is 0.260 e. The van der Waals surface area contributed by atoms with Crippen LogP contribution in [0.5, 0.6) is 5.75 Å². The molecular formula is C35H31N3O8. The number of piperidine rings is 1. The van der Waals surface area contributed by atoms with E-state index in [1.54, 1.807) is 30.4 Å². The Kier molecular flexibility index (Phi) is 6.82. The molecule has 2 aromatic rings. The number of rotatable bonds is 5. The quantitative estimate of drug-likeness (QED) is 0.172. The van der Waals surface area contributed by atoms with Crippen molar-refractivity contribution in [1.29, 1.82) is 0 Å². The van der Waals surface area contributed by atoms with E-state index < -0.39 is 70.8 Å². The zero-order valence-corrected chi connectivity index (χ0v) is 25.0. The van der Waals surface area contributed by atoms with E-state index in [1.165, 1.54) is 0 Å². The fourth-order valence-corrected chi connectivity index (χ4v) is 7.47. The molecule has 1 aliphatic heterocycles. The lowest BCUT2D eigenvalue weighted by atomic mass is 9.78. The summed E-state index contributed by atoms with van der Waals surface area (Å²) < 4.78 is 0. The van der Waals surface area contributed by atoms with Gasteiger partial charge in [-0.2, -0.15) is 0 Å². The molecule has 0 radical (unpaired) electrons. The van der Waals surface area contributed by atoms with Crippen LogP contribution < -0.4 is 48.3 Å². The van der Waals surface area contributed by atoms with Crippen LogP contribution in [0.3, 0.4) is 0 Å². The number of phenols is 1. The van der Waals surface area contributed by atoms with Crippen LogP contribution in [0.25, 0.3) is 28.4 Å². The van der Waals surface area contributed by atoms with Crippen molar-refractivity contribution in [2.75, 3.05) is 25.0 Å². The first-order valence-electron chi connectivity index (χ1n) is 15.3. The largest absolute Gasteiger partial charge is 0.510 e. The molecule has 234 valence electrons. The molecule has 0 bridgehead atoms. The van der Waals surface area contributed by atoms with Crippen molar-refractivity contribution < 1.29 is 15.3 Å². The lowest BCUT2D eigenvalue weighted by Gasteiger charge is -2.27. The number of aromatic hydroxyl groups is 1. The number of phenolic OH excluding ortho intramolecular Hbond substituents is 1. The van der Waals surface area contributed by atoms with Crippen molar-refractivity contribution in [3.8, 4) is 5.75 Å². The standard InChI is InChI=1S/C35H31N3O8/c1-2-3-4-5-19-13-18-12-17-6-9-35(27(17)31(43)22(18)34(46)38-19)32(44)25-26(33(35)45)30(42)24-23(29(25)41)21(39)14-20(28(24)40)37-15-16-7-10-36-11-8-16/h2-5,12-14,16,36-37,43-45H,6-11,15H2,1H3,(H,38,46)/b3-2+,5-4+/t35-/m0/s1. The van der Waals surface area contributed by atoms with Crippen LogP contribution in [0.2, 0.25) is 0 Å². The van der Waals surface area contributed by atoms with Crippen molar-refractivity contribution in [3.63, 3.8) is 0 Å². The van der Waals surface area contributed by atoms with Crippen LogP contribution in [-0.4, -0.2) is 39.9 Å². The minimum Gasteiger partial charge on any atom is -0.510 e. The van der Waals surface area contributed by atoms with Gasteiger partial charge in [-0.05, 0) is 74.7 Å². The van der Waals surface area contributed by atoms with E-state index >= 15 is 0 Å². The number of anilines is 1. The Bertz CT molecular complexity index is 2520. The number of nitrogens with one attached hydrogen (secondary N) is 3. The molecule has 2 heterocycles. The second-order valence-electron chi connectivity index (χ2n) is 12.2. The van der Waals surface area contributed by atoms with E-state index in [1.807, 2.05) is 13.0 Å². The van der Waals surface area contributed by atoms with E-state index in [0.717, 1.165) is 32.0 Å². The SMILES string of the molecule is C/C=C/C=C/c1cc2cc3c(c(O)c2c(=O)[nH]1)[C@@]1(CC3)C(O)=c2c(=O)c3c(=O)cc(NCC4CCNCC4)c(=O)c=3c(=O)c2=C1O. The number of allylic oxidation sites excluding steroid dienone is 3. The third kappa shape index (κ3) is 4.04. The predicted octanol–water partition coefficient (Wildman–Crippen LogP) is 0.506. The summed E-state index contributed by atoms with van der Waals surface area (Å²) in [6.45, 7) is 3.90. The van der Waals surface area contributed by atoms with E-state index in [9.17, 15) is 39.3 Å². The minimum absolute atomic E-state index is 0.00853. The van der Waals surface area contributed by atoms with E-state index in [2.05, 4.69) is 15.6 Å². The van der Waals surface area contributed by atoms with Crippen LogP contribution in [0.4, 0.5) is 5.69 Å². The fraction of sp³-hybridized carbons (Fsp3) is 0.286. The molecule has 0 unspecified atom stereocenters. The molecule has 11 heteroatoms. The summed E-state index contributed by atoms with van der Waals surface area (Å²) in [4.78, 5) is 70.5. The molecule has 46 heavy (non-hydrogen) atoms. The molecule has 1 spiro atoms. The van der Waals surface area contributed by atoms with Gasteiger partial charge in [0.25, 0.3) is 5.56 Å². The highest BCUT2D eigenvalue weighted by molar-refractivity contribution is 5.94. The van der Waals surface area contributed by atoms with E-state index in [-0.39, 0.29) is 35.4 Å². The van der Waals surface area contributed by atoms with Crippen LogP contribution in [0.15, 0.2) is 60.4 Å². The van der Waals surface area contributed by atoms with E-state index in [4.69, 9.17) is 0 Å². The highest BCUT2D eigenvalue weighted by Gasteiger charge is 2.53.